The molecule has 0 aliphatic heterocycles. The van der Waals surface area contributed by atoms with E-state index in [9.17, 15) is 4.79 Å². The van der Waals surface area contributed by atoms with Gasteiger partial charge in [-0.05, 0) is 38.3 Å². The smallest absolute Gasteiger partial charge is 0.272 e. The van der Waals surface area contributed by atoms with Crippen LogP contribution in [0.3, 0.4) is 0 Å². The van der Waals surface area contributed by atoms with Gasteiger partial charge in [-0.3, -0.25) is 4.57 Å². The van der Waals surface area contributed by atoms with Crippen LogP contribution in [0.15, 0.2) is 22.0 Å². The lowest BCUT2D eigenvalue weighted by Crippen LogP contribution is -2.17. The molecule has 1 fully saturated rings. The number of hydrogen-bond donors (Lipinski definition) is 1. The molecule has 1 aromatic rings. The number of aromatic amines is 1. The van der Waals surface area contributed by atoms with E-state index in [1.54, 1.807) is 10.6 Å². The molecule has 1 aliphatic carbocycles. The maximum Gasteiger partial charge on any atom is 0.343 e. The van der Waals surface area contributed by atoms with Gasteiger partial charge in [-0.15, -0.1) is 0 Å². The molecule has 0 bridgehead atoms. The van der Waals surface area contributed by atoms with Gasteiger partial charge in [0.1, 0.15) is 0 Å². The summed E-state index contributed by atoms with van der Waals surface area (Å²) in [5, 5.41) is 7.23. The molecular weight excluding hydrogens is 250 g/mol. The maximum atomic E-state index is 11.5. The number of nitrogens with one attached hydrogen (secondary N) is 1. The van der Waals surface area contributed by atoms with E-state index < -0.39 is 0 Å². The highest BCUT2D eigenvalue weighted by Gasteiger charge is 2.28. The van der Waals surface area contributed by atoms with Crippen molar-refractivity contribution in [1.29, 1.82) is 0 Å². The number of halogens is 1. The number of hydrogen-bond acceptors (Lipinski definition) is 2. The summed E-state index contributed by atoms with van der Waals surface area (Å²) in [5.41, 5.74) is 0.807. The Morgan fingerprint density at radius 1 is 1.39 bits per heavy atom. The van der Waals surface area contributed by atoms with Crippen molar-refractivity contribution in [3.63, 3.8) is 0 Å². The predicted molar refractivity (Wildman–Crippen MR) is 75.7 cm³/mol. The lowest BCUT2D eigenvalue weighted by Gasteiger charge is -2.02. The van der Waals surface area contributed by atoms with Gasteiger partial charge >= 0.3 is 5.69 Å². The lowest BCUT2D eigenvalue weighted by atomic mass is 10.2. The third-order valence-corrected chi connectivity index (χ3v) is 2.66. The summed E-state index contributed by atoms with van der Waals surface area (Å²) in [4.78, 5) is 11.5. The second-order valence-corrected chi connectivity index (χ2v) is 4.65. The first-order valence-electron chi connectivity index (χ1n) is 6.27. The van der Waals surface area contributed by atoms with E-state index in [0.717, 1.165) is 18.4 Å². The fourth-order valence-corrected chi connectivity index (χ4v) is 1.63. The Labute approximate surface area is 112 Å². The quantitative estimate of drug-likeness (QED) is 0.854. The van der Waals surface area contributed by atoms with E-state index in [-0.39, 0.29) is 5.69 Å². The zero-order chi connectivity index (χ0) is 13.7. The molecule has 1 aromatic heterocycles. The van der Waals surface area contributed by atoms with Gasteiger partial charge in [-0.25, -0.2) is 9.89 Å². The van der Waals surface area contributed by atoms with E-state index in [2.05, 4.69) is 10.2 Å². The highest BCUT2D eigenvalue weighted by atomic mass is 35.5. The average Bonchev–Trinajstić information content (AvgIpc) is 3.12. The van der Waals surface area contributed by atoms with Crippen LogP contribution in [-0.4, -0.2) is 14.8 Å². The number of nitrogens with zero attached hydrogens (tertiary/aromatic N) is 2. The van der Waals surface area contributed by atoms with Crippen molar-refractivity contribution in [1.82, 2.24) is 14.8 Å². The Bertz CT molecular complexity index is 503. The van der Waals surface area contributed by atoms with Gasteiger partial charge in [0, 0.05) is 11.1 Å². The van der Waals surface area contributed by atoms with Crippen LogP contribution in [0.2, 0.25) is 0 Å². The SMILES string of the molecule is C/C(Cl)=C\C=C(/C)c1n[nH]c(=O)n1C1CC1.CC. The van der Waals surface area contributed by atoms with Crippen LogP contribution >= 0.6 is 11.6 Å². The first-order valence-corrected chi connectivity index (χ1v) is 6.65. The minimum absolute atomic E-state index is 0.128. The van der Waals surface area contributed by atoms with E-state index in [4.69, 9.17) is 11.6 Å². The molecule has 4 nitrogen and oxygen atoms in total. The predicted octanol–water partition coefficient (Wildman–Crippen LogP) is 3.48. The van der Waals surface area contributed by atoms with Crippen LogP contribution in [0.5, 0.6) is 0 Å². The number of H-pyrrole nitrogens is 1. The third-order valence-electron chi connectivity index (χ3n) is 2.53. The van der Waals surface area contributed by atoms with Gasteiger partial charge in [-0.2, -0.15) is 5.10 Å². The molecule has 2 rings (SSSR count). The molecule has 18 heavy (non-hydrogen) atoms. The second-order valence-electron chi connectivity index (χ2n) is 4.06. The van der Waals surface area contributed by atoms with E-state index in [1.807, 2.05) is 33.8 Å². The molecule has 0 saturated heterocycles. The first kappa shape index (κ1) is 14.8. The Morgan fingerprint density at radius 3 is 2.50 bits per heavy atom. The van der Waals surface area contributed by atoms with Gasteiger partial charge in [0.25, 0.3) is 0 Å². The van der Waals surface area contributed by atoms with Crippen molar-refractivity contribution in [2.45, 2.75) is 46.6 Å². The van der Waals surface area contributed by atoms with Crippen LogP contribution < -0.4 is 5.69 Å². The summed E-state index contributed by atoms with van der Waals surface area (Å²) >= 11 is 5.75. The van der Waals surface area contributed by atoms with Crippen LogP contribution in [0, 0.1) is 0 Å². The Kier molecular flexibility index (Phi) is 5.41. The summed E-state index contributed by atoms with van der Waals surface area (Å²) in [5.74, 6) is 0.710. The van der Waals surface area contributed by atoms with E-state index >= 15 is 0 Å². The van der Waals surface area contributed by atoms with Crippen LogP contribution in [0.25, 0.3) is 5.57 Å². The maximum absolute atomic E-state index is 11.5. The Hall–Kier alpha value is -1.29. The first-order chi connectivity index (χ1) is 8.59. The van der Waals surface area contributed by atoms with Gasteiger partial charge in [0.05, 0.1) is 0 Å². The number of rotatable bonds is 3. The van der Waals surface area contributed by atoms with Crippen molar-refractivity contribution in [2.75, 3.05) is 0 Å². The van der Waals surface area contributed by atoms with Gasteiger partial charge in [0.2, 0.25) is 0 Å². The molecule has 0 radical (unpaired) electrons. The molecule has 1 saturated carbocycles. The lowest BCUT2D eigenvalue weighted by molar-refractivity contribution is 0.699. The number of allylic oxidation sites excluding steroid dienone is 4. The average molecular weight is 270 g/mol. The highest BCUT2D eigenvalue weighted by Crippen LogP contribution is 2.35. The summed E-state index contributed by atoms with van der Waals surface area (Å²) < 4.78 is 1.73. The van der Waals surface area contributed by atoms with E-state index in [1.165, 1.54) is 0 Å². The number of aromatic nitrogens is 3. The zero-order valence-electron chi connectivity index (χ0n) is 11.3. The minimum Gasteiger partial charge on any atom is -0.272 e. The second kappa shape index (κ2) is 6.59. The van der Waals surface area contributed by atoms with E-state index in [0.29, 0.717) is 16.9 Å². The Balaban J connectivity index is 0.000000771. The molecule has 0 aromatic carbocycles. The van der Waals surface area contributed by atoms with Crippen LogP contribution in [0.1, 0.15) is 52.4 Å². The fourth-order valence-electron chi connectivity index (χ4n) is 1.57. The van der Waals surface area contributed by atoms with Crippen molar-refractivity contribution in [2.24, 2.45) is 0 Å². The molecule has 1 heterocycles. The molecule has 1 aliphatic rings. The van der Waals surface area contributed by atoms with Gasteiger partial charge in [0.15, 0.2) is 5.82 Å². The van der Waals surface area contributed by atoms with Gasteiger partial charge in [-0.1, -0.05) is 31.5 Å². The summed E-state index contributed by atoms with van der Waals surface area (Å²) in [6.07, 6.45) is 5.79. The Morgan fingerprint density at radius 2 is 2.00 bits per heavy atom. The molecule has 0 amide bonds. The summed E-state index contributed by atoms with van der Waals surface area (Å²) in [7, 11) is 0. The molecule has 1 N–H and O–H groups in total. The standard InChI is InChI=1S/C11H14ClN3O.C2H6/c1-7(3-4-8(2)12)10-13-14-11(16)15(10)9-5-6-9;1-2/h3-4,9H,5-6H2,1-2H3,(H,14,16);1-2H3/b7-3+,8-4+;. The van der Waals surface area contributed by atoms with Crippen molar-refractivity contribution in [3.05, 3.63) is 33.5 Å². The molecule has 100 valence electrons. The molecule has 0 unspecified atom stereocenters. The van der Waals surface area contributed by atoms with Crippen molar-refractivity contribution in [3.8, 4) is 0 Å². The summed E-state index contributed by atoms with van der Waals surface area (Å²) in [6, 6.07) is 0.325. The molecule has 0 atom stereocenters. The van der Waals surface area contributed by atoms with Gasteiger partial charge < -0.3 is 0 Å². The normalized spacial score (nSPS) is 16.3. The third kappa shape index (κ3) is 3.60. The minimum atomic E-state index is -0.128. The largest absolute Gasteiger partial charge is 0.343 e. The van der Waals surface area contributed by atoms with Crippen molar-refractivity contribution >= 4 is 17.2 Å². The summed E-state index contributed by atoms with van der Waals surface area (Å²) in [6.45, 7) is 7.73. The highest BCUT2D eigenvalue weighted by molar-refractivity contribution is 6.29. The molecule has 0 spiro atoms. The van der Waals surface area contributed by atoms with Crippen molar-refractivity contribution < 1.29 is 0 Å². The monoisotopic (exact) mass is 269 g/mol. The zero-order valence-corrected chi connectivity index (χ0v) is 12.1. The van der Waals surface area contributed by atoms with Crippen LogP contribution in [0.4, 0.5) is 0 Å². The topological polar surface area (TPSA) is 50.7 Å². The van der Waals surface area contributed by atoms with Crippen LogP contribution in [-0.2, 0) is 0 Å². The molecule has 5 heteroatoms. The molecular formula is C13H20ClN3O. The fraction of sp³-hybridized carbons (Fsp3) is 0.538.